The first kappa shape index (κ1) is 27.5. The lowest BCUT2D eigenvalue weighted by molar-refractivity contribution is 1.10. The molecule has 4 aromatic heterocycles. The Kier molecular flexibility index (Phi) is 5.80. The average molecular weight is 657 g/mol. The van der Waals surface area contributed by atoms with E-state index in [4.69, 9.17) is 4.98 Å². The van der Waals surface area contributed by atoms with Crippen LogP contribution >= 0.6 is 11.3 Å². The number of fused-ring (bicyclic) bond motifs is 9. The molecule has 7 aromatic carbocycles. The number of benzene rings is 7. The maximum absolute atomic E-state index is 5.13. The van der Waals surface area contributed by atoms with E-state index in [9.17, 15) is 0 Å². The van der Waals surface area contributed by atoms with Crippen LogP contribution in [-0.4, -0.2) is 18.7 Å². The van der Waals surface area contributed by atoms with Gasteiger partial charge in [0.15, 0.2) is 0 Å². The summed E-state index contributed by atoms with van der Waals surface area (Å²) >= 11 is 1.87. The summed E-state index contributed by atoms with van der Waals surface area (Å²) < 4.78 is 9.64. The van der Waals surface area contributed by atoms with Crippen molar-refractivity contribution >= 4 is 75.3 Å². The summed E-state index contributed by atoms with van der Waals surface area (Å²) in [7, 11) is 0. The first-order valence-corrected chi connectivity index (χ1v) is 17.7. The van der Waals surface area contributed by atoms with E-state index in [1.165, 1.54) is 52.9 Å². The molecule has 0 amide bonds. The number of rotatable bonds is 4. The monoisotopic (exact) mass is 656 g/mol. The largest absolute Gasteiger partial charge is 0.316 e. The number of nitrogens with zero attached hydrogens (tertiary/aromatic N) is 4. The average Bonchev–Trinajstić information content (AvgIpc) is 3.95. The van der Waals surface area contributed by atoms with Crippen molar-refractivity contribution in [2.45, 2.75) is 0 Å². The third-order valence-electron chi connectivity index (χ3n) is 10.1. The SMILES string of the molecule is c1ccc(-n2ccc3c2ccc2c4cc5c(cc4n(-c4ccc(-c6nc7ccccc7n6-c6ccccc6)cc4)c23)sc2ccccc25)cc1. The molecule has 11 aromatic rings. The van der Waals surface area contributed by atoms with Gasteiger partial charge in [-0.15, -0.1) is 11.3 Å². The zero-order valence-electron chi connectivity index (χ0n) is 26.9. The first-order chi connectivity index (χ1) is 24.8. The fourth-order valence-electron chi connectivity index (χ4n) is 7.84. The van der Waals surface area contributed by atoms with E-state index in [2.05, 4.69) is 184 Å². The molecule has 0 saturated heterocycles. The van der Waals surface area contributed by atoms with Gasteiger partial charge in [0.05, 0.1) is 27.6 Å². The molecule has 0 saturated carbocycles. The number of aromatic nitrogens is 4. The predicted octanol–water partition coefficient (Wildman–Crippen LogP) is 12.1. The number of hydrogen-bond acceptors (Lipinski definition) is 2. The molecule has 0 aliphatic carbocycles. The second-order valence-corrected chi connectivity index (χ2v) is 13.9. The third-order valence-corrected chi connectivity index (χ3v) is 11.2. The van der Waals surface area contributed by atoms with Crippen LogP contribution in [0.4, 0.5) is 0 Å². The summed E-state index contributed by atoms with van der Waals surface area (Å²) in [5.41, 5.74) is 10.1. The molecule has 50 heavy (non-hydrogen) atoms. The van der Waals surface area contributed by atoms with Gasteiger partial charge in [-0.1, -0.05) is 72.8 Å². The second kappa shape index (κ2) is 10.5. The Morgan fingerprint density at radius 3 is 1.98 bits per heavy atom. The molecule has 0 radical (unpaired) electrons. The highest BCUT2D eigenvalue weighted by molar-refractivity contribution is 7.25. The Hall–Kier alpha value is -6.43. The minimum atomic E-state index is 0.931. The van der Waals surface area contributed by atoms with Crippen LogP contribution < -0.4 is 0 Å². The van der Waals surface area contributed by atoms with Gasteiger partial charge >= 0.3 is 0 Å². The second-order valence-electron chi connectivity index (χ2n) is 12.9. The van der Waals surface area contributed by atoms with E-state index in [1.54, 1.807) is 0 Å². The lowest BCUT2D eigenvalue weighted by Crippen LogP contribution is -1.98. The molecule has 0 N–H and O–H groups in total. The molecule has 5 heteroatoms. The van der Waals surface area contributed by atoms with Crippen molar-refractivity contribution in [3.63, 3.8) is 0 Å². The van der Waals surface area contributed by atoms with Crippen molar-refractivity contribution in [1.29, 1.82) is 0 Å². The smallest absolute Gasteiger partial charge is 0.145 e. The molecular formula is C45H28N4S. The summed E-state index contributed by atoms with van der Waals surface area (Å²) in [6.07, 6.45) is 2.20. The van der Waals surface area contributed by atoms with Gasteiger partial charge in [-0.25, -0.2) is 4.98 Å². The minimum Gasteiger partial charge on any atom is -0.316 e. The number of imidazole rings is 1. The van der Waals surface area contributed by atoms with E-state index in [0.717, 1.165) is 39.5 Å². The summed E-state index contributed by atoms with van der Waals surface area (Å²) in [5, 5.41) is 6.38. The van der Waals surface area contributed by atoms with Crippen molar-refractivity contribution in [3.8, 4) is 28.5 Å². The third kappa shape index (κ3) is 3.95. The lowest BCUT2D eigenvalue weighted by atomic mass is 10.1. The number of thiophene rings is 1. The topological polar surface area (TPSA) is 27.7 Å². The van der Waals surface area contributed by atoms with Gasteiger partial charge in [-0.2, -0.15) is 0 Å². The Balaban J connectivity index is 1.17. The molecular weight excluding hydrogens is 629 g/mol. The van der Waals surface area contributed by atoms with Crippen LogP contribution in [0.25, 0.3) is 92.4 Å². The van der Waals surface area contributed by atoms with Gasteiger partial charge in [0.25, 0.3) is 0 Å². The molecule has 0 aliphatic rings. The van der Waals surface area contributed by atoms with E-state index in [-0.39, 0.29) is 0 Å². The Bertz CT molecular complexity index is 3070. The normalized spacial score (nSPS) is 12.0. The standard InChI is InChI=1S/C45H28N4S/c1-3-11-30(12-4-1)47-26-25-35-39(47)24-23-34-36-27-37-33-15-7-10-18-42(33)50-43(37)28-41(36)48(44(34)35)32-21-19-29(20-22-32)45-46-38-16-8-9-17-40(38)49(45)31-13-5-2-6-14-31/h1-28H. The molecule has 0 aliphatic heterocycles. The quantitative estimate of drug-likeness (QED) is 0.185. The molecule has 0 bridgehead atoms. The van der Waals surface area contributed by atoms with Crippen molar-refractivity contribution in [1.82, 2.24) is 18.7 Å². The van der Waals surface area contributed by atoms with Crippen LogP contribution in [0.3, 0.4) is 0 Å². The minimum absolute atomic E-state index is 0.931. The van der Waals surface area contributed by atoms with Crippen LogP contribution in [0.15, 0.2) is 170 Å². The maximum atomic E-state index is 5.13. The van der Waals surface area contributed by atoms with Crippen molar-refractivity contribution in [3.05, 3.63) is 170 Å². The van der Waals surface area contributed by atoms with Crippen molar-refractivity contribution in [2.75, 3.05) is 0 Å². The van der Waals surface area contributed by atoms with Gasteiger partial charge in [-0.3, -0.25) is 4.57 Å². The first-order valence-electron chi connectivity index (χ1n) is 16.9. The summed E-state index contributed by atoms with van der Waals surface area (Å²) in [5.74, 6) is 0.931. The molecule has 4 heterocycles. The zero-order valence-corrected chi connectivity index (χ0v) is 27.7. The summed E-state index contributed by atoms with van der Waals surface area (Å²) in [4.78, 5) is 5.13. The van der Waals surface area contributed by atoms with Gasteiger partial charge in [0.2, 0.25) is 0 Å². The fraction of sp³-hybridized carbons (Fsp3) is 0. The van der Waals surface area contributed by atoms with Gasteiger partial charge < -0.3 is 9.13 Å². The van der Waals surface area contributed by atoms with E-state index >= 15 is 0 Å². The van der Waals surface area contributed by atoms with Crippen LogP contribution in [0.1, 0.15) is 0 Å². The molecule has 0 spiro atoms. The number of para-hydroxylation sites is 4. The fourth-order valence-corrected chi connectivity index (χ4v) is 8.96. The highest BCUT2D eigenvalue weighted by Gasteiger charge is 2.20. The van der Waals surface area contributed by atoms with Gasteiger partial charge in [0.1, 0.15) is 5.82 Å². The van der Waals surface area contributed by atoms with Gasteiger partial charge in [-0.05, 0) is 91.0 Å². The highest BCUT2D eigenvalue weighted by atomic mass is 32.1. The molecule has 0 unspecified atom stereocenters. The van der Waals surface area contributed by atoms with Crippen LogP contribution in [0.2, 0.25) is 0 Å². The maximum Gasteiger partial charge on any atom is 0.145 e. The van der Waals surface area contributed by atoms with Crippen LogP contribution in [0.5, 0.6) is 0 Å². The van der Waals surface area contributed by atoms with Crippen LogP contribution in [-0.2, 0) is 0 Å². The molecule has 0 fully saturated rings. The van der Waals surface area contributed by atoms with Crippen LogP contribution in [0, 0.1) is 0 Å². The summed E-state index contributed by atoms with van der Waals surface area (Å²) in [6.45, 7) is 0. The molecule has 0 atom stereocenters. The lowest BCUT2D eigenvalue weighted by Gasteiger charge is -2.12. The van der Waals surface area contributed by atoms with Gasteiger partial charge in [0, 0.05) is 65.2 Å². The van der Waals surface area contributed by atoms with Crippen molar-refractivity contribution < 1.29 is 0 Å². The molecule has 234 valence electrons. The Labute approximate surface area is 291 Å². The Morgan fingerprint density at radius 1 is 0.420 bits per heavy atom. The summed E-state index contributed by atoms with van der Waals surface area (Å²) in [6, 6.07) is 58.9. The molecule has 4 nitrogen and oxygen atoms in total. The zero-order chi connectivity index (χ0) is 32.8. The predicted molar refractivity (Wildman–Crippen MR) is 211 cm³/mol. The Morgan fingerprint density at radius 2 is 1.14 bits per heavy atom. The van der Waals surface area contributed by atoms with E-state index < -0.39 is 0 Å². The van der Waals surface area contributed by atoms with Crippen molar-refractivity contribution in [2.24, 2.45) is 0 Å². The van der Waals surface area contributed by atoms with E-state index in [0.29, 0.717) is 0 Å². The highest BCUT2D eigenvalue weighted by Crippen LogP contribution is 2.43. The van der Waals surface area contributed by atoms with E-state index in [1.807, 2.05) is 11.3 Å². The number of hydrogen-bond donors (Lipinski definition) is 0. The molecule has 11 rings (SSSR count).